The Hall–Kier alpha value is -2.02. The van der Waals surface area contributed by atoms with Gasteiger partial charge in [0.05, 0.1) is 11.8 Å². The van der Waals surface area contributed by atoms with Crippen LogP contribution >= 0.6 is 11.8 Å². The number of rotatable bonds is 5. The number of carboxylic acids is 1. The number of aromatic nitrogens is 3. The predicted octanol–water partition coefficient (Wildman–Crippen LogP) is 2.00. The van der Waals surface area contributed by atoms with Crippen molar-refractivity contribution in [2.24, 2.45) is 0 Å². The second-order valence-electron chi connectivity index (χ2n) is 4.67. The van der Waals surface area contributed by atoms with E-state index in [0.29, 0.717) is 11.8 Å². The number of aryl methyl sites for hydroxylation is 1. The highest BCUT2D eigenvalue weighted by atomic mass is 32.2. The van der Waals surface area contributed by atoms with Gasteiger partial charge in [-0.3, -0.25) is 9.36 Å². The summed E-state index contributed by atoms with van der Waals surface area (Å²) in [5.41, 5.74) is 1.09. The highest BCUT2D eigenvalue weighted by Gasteiger charge is 2.29. The molecule has 2 aromatic rings. The lowest BCUT2D eigenvalue weighted by atomic mass is 10.1. The number of hydrogen-bond donors (Lipinski definition) is 1. The van der Waals surface area contributed by atoms with Crippen molar-refractivity contribution in [3.63, 3.8) is 0 Å². The van der Waals surface area contributed by atoms with Crippen molar-refractivity contribution < 1.29 is 14.6 Å². The number of benzene rings is 1. The Labute approximate surface area is 126 Å². The third kappa shape index (κ3) is 2.61. The number of fused-ring (bicyclic) bond motifs is 1. The van der Waals surface area contributed by atoms with Crippen molar-refractivity contribution in [2.45, 2.75) is 24.5 Å². The van der Waals surface area contributed by atoms with Crippen molar-refractivity contribution in [2.75, 3.05) is 12.4 Å². The molecule has 110 valence electrons. The lowest BCUT2D eigenvalue weighted by Gasteiger charge is -2.15. The zero-order chi connectivity index (χ0) is 14.8. The van der Waals surface area contributed by atoms with E-state index in [1.54, 1.807) is 0 Å². The van der Waals surface area contributed by atoms with Crippen LogP contribution in [0.2, 0.25) is 0 Å². The van der Waals surface area contributed by atoms with Gasteiger partial charge < -0.3 is 9.84 Å². The Morgan fingerprint density at radius 2 is 2.29 bits per heavy atom. The molecular formula is C14H15N3O3S. The van der Waals surface area contributed by atoms with Crippen molar-refractivity contribution in [1.82, 2.24) is 14.8 Å². The molecule has 3 rings (SSSR count). The molecule has 1 aliphatic rings. The average molecular weight is 305 g/mol. The van der Waals surface area contributed by atoms with E-state index < -0.39 is 5.97 Å². The van der Waals surface area contributed by atoms with E-state index in [0.717, 1.165) is 23.6 Å². The minimum atomic E-state index is -0.865. The summed E-state index contributed by atoms with van der Waals surface area (Å²) in [6.07, 6.45) is 0.735. The molecule has 0 radical (unpaired) electrons. The average Bonchev–Trinajstić information content (AvgIpc) is 3.08. The molecule has 0 saturated heterocycles. The molecule has 2 heterocycles. The van der Waals surface area contributed by atoms with Crippen LogP contribution in [-0.2, 0) is 11.2 Å². The lowest BCUT2D eigenvalue weighted by molar-refractivity contribution is -0.133. The predicted molar refractivity (Wildman–Crippen MR) is 77.8 cm³/mol. The topological polar surface area (TPSA) is 77.2 Å². The van der Waals surface area contributed by atoms with Crippen LogP contribution in [0.1, 0.15) is 24.4 Å². The zero-order valence-electron chi connectivity index (χ0n) is 11.5. The number of ether oxygens (including phenoxy) is 1. The zero-order valence-corrected chi connectivity index (χ0v) is 12.3. The Bertz CT molecular complexity index is 671. The molecule has 7 heteroatoms. The van der Waals surface area contributed by atoms with Crippen LogP contribution in [-0.4, -0.2) is 38.2 Å². The SMILES string of the molecule is CCc1nnc(SCC(=O)O)n1C1COc2ccccc21. The molecular weight excluding hydrogens is 290 g/mol. The van der Waals surface area contributed by atoms with E-state index >= 15 is 0 Å². The van der Waals surface area contributed by atoms with Gasteiger partial charge >= 0.3 is 5.97 Å². The third-order valence-corrected chi connectivity index (χ3v) is 4.29. The van der Waals surface area contributed by atoms with Crippen molar-refractivity contribution in [3.05, 3.63) is 35.7 Å². The molecule has 1 aromatic carbocycles. The summed E-state index contributed by atoms with van der Waals surface area (Å²) in [4.78, 5) is 10.8. The Morgan fingerprint density at radius 3 is 3.05 bits per heavy atom. The monoisotopic (exact) mass is 305 g/mol. The number of nitrogens with zero attached hydrogens (tertiary/aromatic N) is 3. The number of carboxylic acid groups (broad SMARTS) is 1. The number of para-hydroxylation sites is 1. The highest BCUT2D eigenvalue weighted by molar-refractivity contribution is 7.99. The van der Waals surface area contributed by atoms with E-state index in [9.17, 15) is 4.79 Å². The molecule has 0 bridgehead atoms. The first kappa shape index (κ1) is 13.9. The van der Waals surface area contributed by atoms with Crippen LogP contribution in [0.15, 0.2) is 29.4 Å². The highest BCUT2D eigenvalue weighted by Crippen LogP contribution is 2.37. The summed E-state index contributed by atoms with van der Waals surface area (Å²) in [5.74, 6) is 0.813. The van der Waals surface area contributed by atoms with Crippen LogP contribution in [0, 0.1) is 0 Å². The fourth-order valence-electron chi connectivity index (χ4n) is 2.45. The molecule has 1 aliphatic heterocycles. The molecule has 0 saturated carbocycles. The van der Waals surface area contributed by atoms with Crippen LogP contribution in [0.5, 0.6) is 5.75 Å². The lowest BCUT2D eigenvalue weighted by Crippen LogP contribution is -2.16. The molecule has 1 aromatic heterocycles. The van der Waals surface area contributed by atoms with Gasteiger partial charge in [-0.1, -0.05) is 36.9 Å². The molecule has 1 unspecified atom stereocenters. The van der Waals surface area contributed by atoms with Gasteiger partial charge in [0.25, 0.3) is 0 Å². The normalized spacial score (nSPS) is 16.5. The maximum absolute atomic E-state index is 10.8. The Balaban J connectivity index is 1.98. The third-order valence-electron chi connectivity index (χ3n) is 3.36. The van der Waals surface area contributed by atoms with E-state index in [-0.39, 0.29) is 11.8 Å². The van der Waals surface area contributed by atoms with E-state index in [1.165, 1.54) is 11.8 Å². The van der Waals surface area contributed by atoms with Gasteiger partial charge in [0.15, 0.2) is 5.16 Å². The van der Waals surface area contributed by atoms with Crippen molar-refractivity contribution >= 4 is 17.7 Å². The number of aliphatic carboxylic acids is 1. The molecule has 1 atom stereocenters. The summed E-state index contributed by atoms with van der Waals surface area (Å²) in [6, 6.07) is 7.88. The molecule has 0 amide bonds. The van der Waals surface area contributed by atoms with Crippen LogP contribution < -0.4 is 4.74 Å². The van der Waals surface area contributed by atoms with Gasteiger partial charge in [-0.25, -0.2) is 0 Å². The smallest absolute Gasteiger partial charge is 0.313 e. The molecule has 0 aliphatic carbocycles. The van der Waals surface area contributed by atoms with Gasteiger partial charge in [-0.2, -0.15) is 0 Å². The standard InChI is InChI=1S/C14H15N3O3S/c1-2-12-15-16-14(21-8-13(18)19)17(12)10-7-20-11-6-4-3-5-9(10)11/h3-6,10H,2,7-8H2,1H3,(H,18,19). The largest absolute Gasteiger partial charge is 0.491 e. The second-order valence-corrected chi connectivity index (χ2v) is 5.61. The maximum Gasteiger partial charge on any atom is 0.313 e. The van der Waals surface area contributed by atoms with Gasteiger partial charge in [-0.15, -0.1) is 10.2 Å². The Kier molecular flexibility index (Phi) is 3.83. The van der Waals surface area contributed by atoms with Gasteiger partial charge in [0, 0.05) is 12.0 Å². The summed E-state index contributed by atoms with van der Waals surface area (Å²) in [6.45, 7) is 2.53. The summed E-state index contributed by atoms with van der Waals surface area (Å²) < 4.78 is 7.71. The summed E-state index contributed by atoms with van der Waals surface area (Å²) in [7, 11) is 0. The van der Waals surface area contributed by atoms with Gasteiger partial charge in [0.2, 0.25) is 0 Å². The Morgan fingerprint density at radius 1 is 1.48 bits per heavy atom. The first-order chi connectivity index (χ1) is 10.2. The summed E-state index contributed by atoms with van der Waals surface area (Å²) in [5, 5.41) is 17.8. The van der Waals surface area contributed by atoms with Crippen LogP contribution in [0.4, 0.5) is 0 Å². The quantitative estimate of drug-likeness (QED) is 0.851. The van der Waals surface area contributed by atoms with Gasteiger partial charge in [-0.05, 0) is 6.07 Å². The molecule has 21 heavy (non-hydrogen) atoms. The number of carbonyl (C=O) groups is 1. The fraction of sp³-hybridized carbons (Fsp3) is 0.357. The first-order valence-electron chi connectivity index (χ1n) is 6.70. The molecule has 6 nitrogen and oxygen atoms in total. The summed E-state index contributed by atoms with van der Waals surface area (Å²) >= 11 is 1.19. The van der Waals surface area contributed by atoms with Crippen LogP contribution in [0.3, 0.4) is 0 Å². The van der Waals surface area contributed by atoms with E-state index in [1.807, 2.05) is 35.8 Å². The van der Waals surface area contributed by atoms with Crippen LogP contribution in [0.25, 0.3) is 0 Å². The number of thioether (sulfide) groups is 1. The molecule has 0 fully saturated rings. The molecule has 0 spiro atoms. The minimum Gasteiger partial charge on any atom is -0.491 e. The van der Waals surface area contributed by atoms with E-state index in [4.69, 9.17) is 9.84 Å². The number of hydrogen-bond acceptors (Lipinski definition) is 5. The first-order valence-corrected chi connectivity index (χ1v) is 7.69. The van der Waals surface area contributed by atoms with E-state index in [2.05, 4.69) is 10.2 Å². The van der Waals surface area contributed by atoms with Gasteiger partial charge in [0.1, 0.15) is 18.2 Å². The maximum atomic E-state index is 10.8. The van der Waals surface area contributed by atoms with Crippen molar-refractivity contribution in [3.8, 4) is 5.75 Å². The van der Waals surface area contributed by atoms with Crippen molar-refractivity contribution in [1.29, 1.82) is 0 Å². The molecule has 1 N–H and O–H groups in total. The fourth-order valence-corrected chi connectivity index (χ4v) is 3.17. The second kappa shape index (κ2) is 5.77. The minimum absolute atomic E-state index is 0.00226.